The summed E-state index contributed by atoms with van der Waals surface area (Å²) in [7, 11) is 2.02. The topological polar surface area (TPSA) is 25.2 Å². The van der Waals surface area contributed by atoms with Gasteiger partial charge in [-0.25, -0.2) is 0 Å². The van der Waals surface area contributed by atoms with Gasteiger partial charge in [-0.3, -0.25) is 4.79 Å². The average molecular weight is 341 g/mol. The van der Waals surface area contributed by atoms with Crippen molar-refractivity contribution in [2.24, 2.45) is 7.05 Å². The van der Waals surface area contributed by atoms with Gasteiger partial charge in [-0.1, -0.05) is 18.2 Å². The summed E-state index contributed by atoms with van der Waals surface area (Å²) >= 11 is 3.48. The van der Waals surface area contributed by atoms with Gasteiger partial charge in [-0.2, -0.15) is 0 Å². The third-order valence-corrected chi connectivity index (χ3v) is 4.73. The first kappa shape index (κ1) is 12.7. The molecular weight excluding hydrogens is 328 g/mol. The van der Waals surface area contributed by atoms with Crippen LogP contribution in [0, 0.1) is 0 Å². The van der Waals surface area contributed by atoms with Crippen LogP contribution in [0.25, 0.3) is 10.9 Å². The molecule has 2 heterocycles. The minimum absolute atomic E-state index is 0.0611. The Balaban J connectivity index is 1.82. The lowest BCUT2D eigenvalue weighted by atomic mass is 10.1. The van der Waals surface area contributed by atoms with Crippen molar-refractivity contribution in [2.75, 3.05) is 4.90 Å². The van der Waals surface area contributed by atoms with Crippen LogP contribution in [0.15, 0.2) is 53.1 Å². The molecule has 0 unspecified atom stereocenters. The lowest BCUT2D eigenvalue weighted by Crippen LogP contribution is -2.23. The van der Waals surface area contributed by atoms with Gasteiger partial charge in [-0.05, 0) is 51.1 Å². The van der Waals surface area contributed by atoms with E-state index in [-0.39, 0.29) is 5.91 Å². The Hall–Kier alpha value is -2.07. The van der Waals surface area contributed by atoms with Gasteiger partial charge in [0.25, 0.3) is 5.91 Å². The van der Waals surface area contributed by atoms with Crippen molar-refractivity contribution in [3.05, 3.63) is 64.3 Å². The molecule has 0 aliphatic carbocycles. The number of hydrogen-bond acceptors (Lipinski definition) is 1. The predicted octanol–water partition coefficient (Wildman–Crippen LogP) is 4.10. The maximum atomic E-state index is 12.7. The summed E-state index contributed by atoms with van der Waals surface area (Å²) in [6.45, 7) is 0.629. The molecule has 0 N–H and O–H groups in total. The van der Waals surface area contributed by atoms with E-state index in [2.05, 4.69) is 38.7 Å². The van der Waals surface area contributed by atoms with E-state index in [1.165, 1.54) is 5.39 Å². The van der Waals surface area contributed by atoms with E-state index in [9.17, 15) is 4.79 Å². The van der Waals surface area contributed by atoms with Gasteiger partial charge in [0.2, 0.25) is 0 Å². The zero-order chi connectivity index (χ0) is 14.6. The zero-order valence-electron chi connectivity index (χ0n) is 11.5. The molecule has 2 aromatic carbocycles. The van der Waals surface area contributed by atoms with Crippen molar-refractivity contribution in [1.29, 1.82) is 0 Å². The number of aromatic nitrogens is 1. The van der Waals surface area contributed by atoms with Crippen molar-refractivity contribution in [3.63, 3.8) is 0 Å². The quantitative estimate of drug-likeness (QED) is 0.654. The number of anilines is 1. The monoisotopic (exact) mass is 340 g/mol. The molecule has 0 bridgehead atoms. The molecule has 4 rings (SSSR count). The predicted molar refractivity (Wildman–Crippen MR) is 87.6 cm³/mol. The molecule has 0 fully saturated rings. The fraction of sp³-hybridized carbons (Fsp3) is 0.118. The second kappa shape index (κ2) is 4.46. The molecule has 1 amide bonds. The zero-order valence-corrected chi connectivity index (χ0v) is 13.1. The molecule has 3 nitrogen and oxygen atoms in total. The number of carbonyl (C=O) groups is 1. The molecule has 0 saturated carbocycles. The number of benzene rings is 2. The first-order valence-corrected chi connectivity index (χ1v) is 7.59. The van der Waals surface area contributed by atoms with Crippen LogP contribution in [0.2, 0.25) is 0 Å². The Kier molecular flexibility index (Phi) is 2.69. The lowest BCUT2D eigenvalue weighted by molar-refractivity contribution is 0.0996. The summed E-state index contributed by atoms with van der Waals surface area (Å²) in [5, 5.41) is 1.19. The highest BCUT2D eigenvalue weighted by atomic mass is 79.9. The van der Waals surface area contributed by atoms with Crippen LogP contribution in [-0.4, -0.2) is 10.5 Å². The molecule has 21 heavy (non-hydrogen) atoms. The van der Waals surface area contributed by atoms with Crippen LogP contribution in [-0.2, 0) is 13.6 Å². The normalized spacial score (nSPS) is 14.0. The fourth-order valence-electron chi connectivity index (χ4n) is 2.94. The van der Waals surface area contributed by atoms with Crippen molar-refractivity contribution in [2.45, 2.75) is 6.54 Å². The molecule has 0 radical (unpaired) electrons. The number of nitrogens with zero attached hydrogens (tertiary/aromatic N) is 2. The van der Waals surface area contributed by atoms with Gasteiger partial charge in [0.1, 0.15) is 0 Å². The van der Waals surface area contributed by atoms with E-state index in [0.29, 0.717) is 6.54 Å². The van der Waals surface area contributed by atoms with E-state index in [4.69, 9.17) is 0 Å². The van der Waals surface area contributed by atoms with Crippen molar-refractivity contribution in [3.8, 4) is 0 Å². The molecule has 1 aromatic heterocycles. The van der Waals surface area contributed by atoms with Crippen LogP contribution >= 0.6 is 15.9 Å². The Morgan fingerprint density at radius 3 is 2.81 bits per heavy atom. The maximum Gasteiger partial charge on any atom is 0.260 e. The number of rotatable bonds is 1. The van der Waals surface area contributed by atoms with Crippen LogP contribution in [0.3, 0.4) is 0 Å². The molecule has 0 saturated heterocycles. The van der Waals surface area contributed by atoms with Crippen molar-refractivity contribution in [1.82, 2.24) is 4.57 Å². The Morgan fingerprint density at radius 1 is 1.14 bits per heavy atom. The molecule has 4 heteroatoms. The summed E-state index contributed by atoms with van der Waals surface area (Å²) in [5.41, 5.74) is 3.93. The van der Waals surface area contributed by atoms with Crippen LogP contribution in [0.5, 0.6) is 0 Å². The molecule has 0 spiro atoms. The van der Waals surface area contributed by atoms with E-state index < -0.39 is 0 Å². The Morgan fingerprint density at radius 2 is 2.00 bits per heavy atom. The number of aryl methyl sites for hydroxylation is 1. The molecule has 0 atom stereocenters. The van der Waals surface area contributed by atoms with Crippen LogP contribution in [0.4, 0.5) is 5.69 Å². The summed E-state index contributed by atoms with van der Waals surface area (Å²) in [4.78, 5) is 14.5. The smallest absolute Gasteiger partial charge is 0.260 e. The van der Waals surface area contributed by atoms with Gasteiger partial charge in [0.05, 0.1) is 12.1 Å². The summed E-state index contributed by atoms with van der Waals surface area (Å²) in [6.07, 6.45) is 2.03. The Bertz CT molecular complexity index is 882. The second-order valence-corrected chi connectivity index (χ2v) is 6.19. The first-order valence-electron chi connectivity index (χ1n) is 6.79. The number of fused-ring (bicyclic) bond motifs is 2. The minimum atomic E-state index is 0.0611. The number of carbonyl (C=O) groups excluding carboxylic acids is 1. The fourth-order valence-corrected chi connectivity index (χ4v) is 3.52. The highest BCUT2D eigenvalue weighted by Crippen LogP contribution is 2.33. The Labute approximate surface area is 130 Å². The first-order chi connectivity index (χ1) is 10.1. The van der Waals surface area contributed by atoms with Gasteiger partial charge < -0.3 is 9.47 Å². The third kappa shape index (κ3) is 1.83. The molecular formula is C17H13BrN2O. The van der Waals surface area contributed by atoms with E-state index in [1.807, 2.05) is 42.4 Å². The van der Waals surface area contributed by atoms with Gasteiger partial charge >= 0.3 is 0 Å². The number of amides is 1. The third-order valence-electron chi connectivity index (χ3n) is 4.07. The van der Waals surface area contributed by atoms with Gasteiger partial charge in [0, 0.05) is 28.9 Å². The van der Waals surface area contributed by atoms with Crippen molar-refractivity contribution >= 4 is 38.4 Å². The standard InChI is InChI=1S/C17H13BrN2O/c1-19-8-7-11-5-6-13(9-15(11)19)20-10-12-3-2-4-14(18)16(12)17(20)21/h2-9H,10H2,1H3. The maximum absolute atomic E-state index is 12.7. The van der Waals surface area contributed by atoms with Crippen LogP contribution in [0.1, 0.15) is 15.9 Å². The van der Waals surface area contributed by atoms with Gasteiger partial charge in [-0.15, -0.1) is 0 Å². The second-order valence-electron chi connectivity index (χ2n) is 5.34. The molecule has 104 valence electrons. The lowest BCUT2D eigenvalue weighted by Gasteiger charge is -2.16. The summed E-state index contributed by atoms with van der Waals surface area (Å²) in [6, 6.07) is 14.1. The SMILES string of the molecule is Cn1ccc2ccc(N3Cc4cccc(Br)c4C3=O)cc21. The summed E-state index contributed by atoms with van der Waals surface area (Å²) < 4.78 is 2.94. The van der Waals surface area contributed by atoms with E-state index in [1.54, 1.807) is 0 Å². The minimum Gasteiger partial charge on any atom is -0.350 e. The van der Waals surface area contributed by atoms with E-state index in [0.717, 1.165) is 26.8 Å². The number of hydrogen-bond donors (Lipinski definition) is 0. The van der Waals surface area contributed by atoms with E-state index >= 15 is 0 Å². The van der Waals surface area contributed by atoms with Gasteiger partial charge in [0.15, 0.2) is 0 Å². The average Bonchev–Trinajstić information content (AvgIpc) is 3.01. The largest absolute Gasteiger partial charge is 0.350 e. The summed E-state index contributed by atoms with van der Waals surface area (Å²) in [5.74, 6) is 0.0611. The highest BCUT2D eigenvalue weighted by molar-refractivity contribution is 9.10. The number of halogens is 1. The molecule has 1 aliphatic rings. The highest BCUT2D eigenvalue weighted by Gasteiger charge is 2.30. The molecule has 1 aliphatic heterocycles. The van der Waals surface area contributed by atoms with Crippen LogP contribution < -0.4 is 4.90 Å². The molecule has 3 aromatic rings. The van der Waals surface area contributed by atoms with Crippen molar-refractivity contribution < 1.29 is 4.79 Å².